The number of anilines is 2. The molecule has 3 aromatic heterocycles. The van der Waals surface area contributed by atoms with Gasteiger partial charge in [0.2, 0.25) is 0 Å². The van der Waals surface area contributed by atoms with Crippen molar-refractivity contribution in [2.45, 2.75) is 97.8 Å². The van der Waals surface area contributed by atoms with Crippen molar-refractivity contribution >= 4 is 104 Å². The van der Waals surface area contributed by atoms with Crippen molar-refractivity contribution in [3.05, 3.63) is 161 Å². The van der Waals surface area contributed by atoms with E-state index in [0.29, 0.717) is 0 Å². The van der Waals surface area contributed by atoms with E-state index in [-0.39, 0.29) is 28.5 Å². The monoisotopic (exact) mass is 898 g/mol. The lowest BCUT2D eigenvalue weighted by atomic mass is 9.43. The molecule has 1 aliphatic carbocycles. The van der Waals surface area contributed by atoms with E-state index in [1.807, 2.05) is 11.3 Å². The van der Waals surface area contributed by atoms with E-state index in [1.165, 1.54) is 120 Å². The average molecular weight is 899 g/mol. The fraction of sp³-hybridized carbons (Fsp3) is 0.238. The Labute approximate surface area is 403 Å². The maximum Gasteiger partial charge on any atom is 0.333 e. The summed E-state index contributed by atoms with van der Waals surface area (Å²) in [5, 5.41) is 7.69. The summed E-state index contributed by atoms with van der Waals surface area (Å²) in [7, 11) is 0. The Hall–Kier alpha value is -6.56. The van der Waals surface area contributed by atoms with Crippen LogP contribution in [0, 0.1) is 0 Å². The van der Waals surface area contributed by atoms with Gasteiger partial charge in [0.1, 0.15) is 11.2 Å². The summed E-state index contributed by atoms with van der Waals surface area (Å²) in [6, 6.07) is 52.0. The third kappa shape index (κ3) is 5.21. The Morgan fingerprint density at radius 1 is 0.529 bits per heavy atom. The van der Waals surface area contributed by atoms with Crippen LogP contribution in [0.2, 0.25) is 0 Å². The van der Waals surface area contributed by atoms with Crippen LogP contribution in [0.5, 0.6) is 0 Å². The molecule has 0 amide bonds. The highest BCUT2D eigenvalue weighted by molar-refractivity contribution is 7.27. The number of hydrogen-bond acceptors (Lipinski definition) is 3. The number of para-hydroxylation sites is 1. The first kappa shape index (κ1) is 40.5. The molecule has 5 heterocycles. The van der Waals surface area contributed by atoms with E-state index in [9.17, 15) is 0 Å². The lowest BCUT2D eigenvalue weighted by Crippen LogP contribution is -2.60. The van der Waals surface area contributed by atoms with Crippen LogP contribution in [0.4, 0.5) is 11.4 Å². The molecule has 5 heteroatoms. The molecule has 0 saturated carbocycles. The van der Waals surface area contributed by atoms with E-state index in [2.05, 4.69) is 219 Å². The molecular weight excluding hydrogens is 844 g/mol. The molecule has 332 valence electrons. The van der Waals surface area contributed by atoms with Gasteiger partial charge in [0.05, 0.1) is 11.0 Å². The first-order valence-corrected chi connectivity index (χ1v) is 25.3. The molecule has 8 aromatic carbocycles. The second-order valence-electron chi connectivity index (χ2n) is 23.8. The standard InChI is InChI=1S/C63H55BN2OS/c1-60(2,3)34-20-24-37(25-21-34)66-49-32-46-41(40-28-35(61(4,5)6)22-26-45(40)63(46,10)11)30-44(49)54-55-39-17-13-15-19-53(39)68-59(55)56-43-29-36(62(7,8)9)23-27-48(43)65-50-33-52-42(38-16-12-14-18-51(38)67-52)31-47(50)64(66)57(54)58(56)65/h12-33H,1-11H3. The molecule has 3 aliphatic rings. The molecule has 3 nitrogen and oxygen atoms in total. The van der Waals surface area contributed by atoms with Gasteiger partial charge >= 0.3 is 6.85 Å². The number of fused-ring (bicyclic) bond motifs is 19. The van der Waals surface area contributed by atoms with Crippen LogP contribution in [0.3, 0.4) is 0 Å². The van der Waals surface area contributed by atoms with E-state index in [4.69, 9.17) is 4.42 Å². The summed E-state index contributed by atoms with van der Waals surface area (Å²) in [5.41, 5.74) is 22.8. The molecule has 14 rings (SSSR count). The van der Waals surface area contributed by atoms with Crippen LogP contribution >= 0.6 is 11.3 Å². The summed E-state index contributed by atoms with van der Waals surface area (Å²) >= 11 is 1.97. The number of rotatable bonds is 1. The number of hydrogen-bond donors (Lipinski definition) is 0. The second kappa shape index (κ2) is 12.9. The summed E-state index contributed by atoms with van der Waals surface area (Å²) < 4.78 is 12.1. The first-order chi connectivity index (χ1) is 32.4. The third-order valence-electron chi connectivity index (χ3n) is 16.2. The van der Waals surface area contributed by atoms with Crippen LogP contribution in [0.25, 0.3) is 91.9 Å². The number of aromatic nitrogens is 1. The summed E-state index contributed by atoms with van der Waals surface area (Å²) in [4.78, 5) is 2.73. The van der Waals surface area contributed by atoms with Crippen molar-refractivity contribution in [1.82, 2.24) is 4.57 Å². The van der Waals surface area contributed by atoms with Gasteiger partial charge in [0.25, 0.3) is 0 Å². The SMILES string of the molecule is CC(C)(C)c1ccc(N2B3c4cc5c(cc4-n4c6ccc(C(C)(C)C)cc6c6c7sc8ccccc8c7c(c3c64)-c3cc4c(cc32)C(C)(C)c2ccc(C(C)(C)C)cc2-4)oc2ccccc25)cc1. The van der Waals surface area contributed by atoms with E-state index in [0.717, 1.165) is 21.9 Å². The summed E-state index contributed by atoms with van der Waals surface area (Å²) in [5.74, 6) is 0. The van der Waals surface area contributed by atoms with Crippen LogP contribution in [0.15, 0.2) is 138 Å². The molecule has 0 bridgehead atoms. The van der Waals surface area contributed by atoms with Crippen molar-refractivity contribution in [3.63, 3.8) is 0 Å². The molecular formula is C63H55BN2OS. The smallest absolute Gasteiger partial charge is 0.333 e. The van der Waals surface area contributed by atoms with Gasteiger partial charge in [-0.1, -0.05) is 155 Å². The zero-order valence-electron chi connectivity index (χ0n) is 41.0. The molecule has 0 fully saturated rings. The predicted octanol–water partition coefficient (Wildman–Crippen LogP) is 16.5. The van der Waals surface area contributed by atoms with Gasteiger partial charge in [-0.15, -0.1) is 11.3 Å². The van der Waals surface area contributed by atoms with Crippen molar-refractivity contribution < 1.29 is 4.42 Å². The van der Waals surface area contributed by atoms with Crippen LogP contribution in [-0.4, -0.2) is 11.4 Å². The molecule has 11 aromatic rings. The van der Waals surface area contributed by atoms with E-state index in [1.54, 1.807) is 0 Å². The minimum Gasteiger partial charge on any atom is -0.456 e. The van der Waals surface area contributed by atoms with Crippen LogP contribution in [-0.2, 0) is 21.7 Å². The topological polar surface area (TPSA) is 21.3 Å². The first-order valence-electron chi connectivity index (χ1n) is 24.5. The Morgan fingerprint density at radius 3 is 1.94 bits per heavy atom. The van der Waals surface area contributed by atoms with Crippen molar-refractivity contribution in [2.24, 2.45) is 0 Å². The molecule has 0 N–H and O–H groups in total. The largest absolute Gasteiger partial charge is 0.456 e. The van der Waals surface area contributed by atoms with Gasteiger partial charge in [-0.3, -0.25) is 0 Å². The number of nitrogens with zero attached hydrogens (tertiary/aromatic N) is 2. The van der Waals surface area contributed by atoms with Crippen molar-refractivity contribution in [1.29, 1.82) is 0 Å². The van der Waals surface area contributed by atoms with Crippen molar-refractivity contribution in [3.8, 4) is 27.9 Å². The normalized spacial score (nSPS) is 15.0. The predicted molar refractivity (Wildman–Crippen MR) is 294 cm³/mol. The highest BCUT2D eigenvalue weighted by atomic mass is 32.1. The zero-order chi connectivity index (χ0) is 46.7. The lowest BCUT2D eigenvalue weighted by Gasteiger charge is -2.43. The molecule has 0 radical (unpaired) electrons. The van der Waals surface area contributed by atoms with Gasteiger partial charge in [0.15, 0.2) is 0 Å². The average Bonchev–Trinajstić information content (AvgIpc) is 4.03. The maximum atomic E-state index is 6.79. The molecule has 0 atom stereocenters. The molecule has 2 aliphatic heterocycles. The van der Waals surface area contributed by atoms with Crippen LogP contribution in [0.1, 0.15) is 104 Å². The lowest BCUT2D eigenvalue weighted by molar-refractivity contribution is 0.589. The van der Waals surface area contributed by atoms with Crippen LogP contribution < -0.4 is 15.7 Å². The highest BCUT2D eigenvalue weighted by Crippen LogP contribution is 2.58. The quantitative estimate of drug-likeness (QED) is 0.153. The Bertz CT molecular complexity index is 4060. The Morgan fingerprint density at radius 2 is 1.19 bits per heavy atom. The Kier molecular flexibility index (Phi) is 7.71. The molecule has 68 heavy (non-hydrogen) atoms. The second-order valence-corrected chi connectivity index (χ2v) is 24.8. The number of benzene rings is 8. The summed E-state index contributed by atoms with van der Waals surface area (Å²) in [6.45, 7) is 25.7. The maximum absolute atomic E-state index is 6.79. The summed E-state index contributed by atoms with van der Waals surface area (Å²) in [6.07, 6.45) is 0. The van der Waals surface area contributed by atoms with Gasteiger partial charge in [0, 0.05) is 75.8 Å². The minimum absolute atomic E-state index is 0.0173. The molecule has 0 saturated heterocycles. The number of furan rings is 1. The van der Waals surface area contributed by atoms with E-state index >= 15 is 0 Å². The van der Waals surface area contributed by atoms with Gasteiger partial charge in [-0.05, 0) is 120 Å². The zero-order valence-corrected chi connectivity index (χ0v) is 41.8. The molecule has 0 spiro atoms. The number of thiophene rings is 1. The fourth-order valence-electron chi connectivity index (χ4n) is 12.6. The Balaban J connectivity index is 1.22. The highest BCUT2D eigenvalue weighted by Gasteiger charge is 2.48. The third-order valence-corrected chi connectivity index (χ3v) is 17.4. The van der Waals surface area contributed by atoms with Gasteiger partial charge in [-0.2, -0.15) is 0 Å². The molecule has 0 unspecified atom stereocenters. The van der Waals surface area contributed by atoms with Gasteiger partial charge in [-0.25, -0.2) is 0 Å². The fourth-order valence-corrected chi connectivity index (χ4v) is 13.8. The van der Waals surface area contributed by atoms with Crippen molar-refractivity contribution in [2.75, 3.05) is 4.81 Å². The minimum atomic E-state index is -0.198. The van der Waals surface area contributed by atoms with Gasteiger partial charge < -0.3 is 13.8 Å². The van der Waals surface area contributed by atoms with E-state index < -0.39 is 0 Å².